The minimum Gasteiger partial charge on any atom is -0.493 e. The van der Waals surface area contributed by atoms with Crippen molar-refractivity contribution in [2.24, 2.45) is 0 Å². The highest BCUT2D eigenvalue weighted by molar-refractivity contribution is 5.95. The van der Waals surface area contributed by atoms with Crippen molar-refractivity contribution in [2.75, 3.05) is 19.7 Å². The van der Waals surface area contributed by atoms with Crippen molar-refractivity contribution in [1.82, 2.24) is 20.0 Å². The maximum Gasteiger partial charge on any atom is 0.255 e. The fourth-order valence-electron chi connectivity index (χ4n) is 3.53. The van der Waals surface area contributed by atoms with Gasteiger partial charge in [-0.2, -0.15) is 4.98 Å². The first-order valence-corrected chi connectivity index (χ1v) is 9.83. The van der Waals surface area contributed by atoms with Gasteiger partial charge in [-0.15, -0.1) is 0 Å². The molecule has 3 aromatic rings. The number of rotatable bonds is 6. The van der Waals surface area contributed by atoms with Gasteiger partial charge in [0.25, 0.3) is 5.91 Å². The molecule has 7 nitrogen and oxygen atoms in total. The predicted molar refractivity (Wildman–Crippen MR) is 107 cm³/mol. The van der Waals surface area contributed by atoms with Crippen LogP contribution in [-0.2, 0) is 6.42 Å². The highest BCUT2D eigenvalue weighted by Crippen LogP contribution is 2.27. The summed E-state index contributed by atoms with van der Waals surface area (Å²) in [5.41, 5.74) is 2.55. The van der Waals surface area contributed by atoms with Crippen LogP contribution in [0, 0.1) is 13.8 Å². The predicted octanol–water partition coefficient (Wildman–Crippen LogP) is 3.33. The molecule has 1 amide bonds. The normalized spacial score (nSPS) is 16.2. The van der Waals surface area contributed by atoms with Gasteiger partial charge in [0.2, 0.25) is 5.89 Å². The van der Waals surface area contributed by atoms with Crippen molar-refractivity contribution in [3.8, 4) is 5.75 Å². The molecule has 0 radical (unpaired) electrons. The van der Waals surface area contributed by atoms with E-state index in [2.05, 4.69) is 15.1 Å². The number of amides is 1. The second kappa shape index (κ2) is 8.43. The largest absolute Gasteiger partial charge is 0.493 e. The van der Waals surface area contributed by atoms with E-state index in [4.69, 9.17) is 9.26 Å². The molecule has 0 aliphatic carbocycles. The van der Waals surface area contributed by atoms with E-state index >= 15 is 0 Å². The van der Waals surface area contributed by atoms with Gasteiger partial charge in [0.1, 0.15) is 5.75 Å². The maximum absolute atomic E-state index is 12.8. The first-order chi connectivity index (χ1) is 14.1. The van der Waals surface area contributed by atoms with Crippen molar-refractivity contribution in [3.63, 3.8) is 0 Å². The van der Waals surface area contributed by atoms with Gasteiger partial charge in [0.05, 0.1) is 18.1 Å². The second-order valence-corrected chi connectivity index (χ2v) is 7.34. The molecule has 2 aromatic heterocycles. The molecule has 0 N–H and O–H groups in total. The van der Waals surface area contributed by atoms with Crippen LogP contribution in [0.3, 0.4) is 0 Å². The molecular weight excluding hydrogens is 368 g/mol. The van der Waals surface area contributed by atoms with Gasteiger partial charge in [-0.3, -0.25) is 9.78 Å². The summed E-state index contributed by atoms with van der Waals surface area (Å²) in [6, 6.07) is 11.5. The van der Waals surface area contributed by atoms with Crippen LogP contribution in [-0.4, -0.2) is 45.6 Å². The molecule has 1 unspecified atom stereocenters. The molecule has 0 bridgehead atoms. The SMILES string of the molecule is Cc1cccc(OCCc2noc(C3CCN(C(=O)c4cccnc4C)C3)n2)c1. The average molecular weight is 392 g/mol. The highest BCUT2D eigenvalue weighted by atomic mass is 16.5. The van der Waals surface area contributed by atoms with Crippen molar-refractivity contribution in [1.29, 1.82) is 0 Å². The first kappa shape index (κ1) is 19.1. The molecule has 29 heavy (non-hydrogen) atoms. The van der Waals surface area contributed by atoms with Crippen LogP contribution in [0.25, 0.3) is 0 Å². The van der Waals surface area contributed by atoms with Gasteiger partial charge in [-0.1, -0.05) is 17.3 Å². The number of aryl methyl sites for hydroxylation is 2. The molecule has 1 saturated heterocycles. The Hall–Kier alpha value is -3.22. The lowest BCUT2D eigenvalue weighted by molar-refractivity contribution is 0.0788. The minimum absolute atomic E-state index is 0.00407. The summed E-state index contributed by atoms with van der Waals surface area (Å²) in [7, 11) is 0. The van der Waals surface area contributed by atoms with Crippen LogP contribution in [0.15, 0.2) is 47.1 Å². The van der Waals surface area contributed by atoms with Crippen molar-refractivity contribution in [3.05, 3.63) is 71.1 Å². The minimum atomic E-state index is 0.00407. The van der Waals surface area contributed by atoms with Crippen LogP contribution in [0.2, 0.25) is 0 Å². The van der Waals surface area contributed by atoms with E-state index in [0.29, 0.717) is 43.4 Å². The van der Waals surface area contributed by atoms with E-state index in [1.165, 1.54) is 0 Å². The molecule has 1 aliphatic rings. The lowest BCUT2D eigenvalue weighted by Gasteiger charge is -2.16. The molecule has 1 fully saturated rings. The average Bonchev–Trinajstić information content (AvgIpc) is 3.37. The van der Waals surface area contributed by atoms with E-state index in [0.717, 1.165) is 23.4 Å². The van der Waals surface area contributed by atoms with E-state index in [9.17, 15) is 4.79 Å². The smallest absolute Gasteiger partial charge is 0.255 e. The summed E-state index contributed by atoms with van der Waals surface area (Å²) < 4.78 is 11.2. The van der Waals surface area contributed by atoms with E-state index < -0.39 is 0 Å². The third-order valence-electron chi connectivity index (χ3n) is 5.13. The van der Waals surface area contributed by atoms with Crippen LogP contribution in [0.5, 0.6) is 5.75 Å². The Morgan fingerprint density at radius 2 is 2.17 bits per heavy atom. The Labute approximate surface area is 169 Å². The lowest BCUT2D eigenvalue weighted by atomic mass is 10.1. The summed E-state index contributed by atoms with van der Waals surface area (Å²) in [4.78, 5) is 23.3. The Kier molecular flexibility index (Phi) is 5.55. The van der Waals surface area contributed by atoms with Gasteiger partial charge in [0.15, 0.2) is 5.82 Å². The van der Waals surface area contributed by atoms with Crippen molar-refractivity contribution < 1.29 is 14.1 Å². The van der Waals surface area contributed by atoms with Crippen LogP contribution in [0.1, 0.15) is 45.7 Å². The first-order valence-electron chi connectivity index (χ1n) is 9.83. The fraction of sp³-hybridized carbons (Fsp3) is 0.364. The third-order valence-corrected chi connectivity index (χ3v) is 5.13. The zero-order chi connectivity index (χ0) is 20.2. The number of carbonyl (C=O) groups excluding carboxylic acids is 1. The Balaban J connectivity index is 1.32. The maximum atomic E-state index is 12.8. The number of pyridine rings is 1. The molecule has 1 aromatic carbocycles. The van der Waals surface area contributed by atoms with E-state index in [-0.39, 0.29) is 11.8 Å². The highest BCUT2D eigenvalue weighted by Gasteiger charge is 2.32. The standard InChI is InChI=1S/C22H24N4O3/c1-15-5-3-6-18(13-15)28-12-9-20-24-21(29-25-20)17-8-11-26(14-17)22(27)19-7-4-10-23-16(19)2/h3-7,10,13,17H,8-9,11-12,14H2,1-2H3. The third kappa shape index (κ3) is 4.45. The van der Waals surface area contributed by atoms with Gasteiger partial charge in [-0.25, -0.2) is 0 Å². The molecule has 150 valence electrons. The number of aromatic nitrogens is 3. The summed E-state index contributed by atoms with van der Waals surface area (Å²) in [6.07, 6.45) is 3.08. The molecule has 0 saturated carbocycles. The van der Waals surface area contributed by atoms with Crippen LogP contribution < -0.4 is 4.74 Å². The molecule has 0 spiro atoms. The monoisotopic (exact) mass is 392 g/mol. The van der Waals surface area contributed by atoms with E-state index in [1.807, 2.05) is 49.1 Å². The van der Waals surface area contributed by atoms with Gasteiger partial charge < -0.3 is 14.2 Å². The number of hydrogen-bond acceptors (Lipinski definition) is 6. The van der Waals surface area contributed by atoms with Crippen molar-refractivity contribution in [2.45, 2.75) is 32.6 Å². The summed E-state index contributed by atoms with van der Waals surface area (Å²) in [5.74, 6) is 2.12. The number of benzene rings is 1. The summed E-state index contributed by atoms with van der Waals surface area (Å²) >= 11 is 0. The Morgan fingerprint density at radius 1 is 1.28 bits per heavy atom. The lowest BCUT2D eigenvalue weighted by Crippen LogP contribution is -2.29. The number of nitrogens with zero attached hydrogens (tertiary/aromatic N) is 4. The summed E-state index contributed by atoms with van der Waals surface area (Å²) in [6.45, 7) is 5.62. The zero-order valence-corrected chi connectivity index (χ0v) is 16.7. The van der Waals surface area contributed by atoms with Gasteiger partial charge in [0, 0.05) is 31.4 Å². The zero-order valence-electron chi connectivity index (χ0n) is 16.7. The fourth-order valence-corrected chi connectivity index (χ4v) is 3.53. The molecular formula is C22H24N4O3. The summed E-state index contributed by atoms with van der Waals surface area (Å²) in [5, 5.41) is 4.07. The van der Waals surface area contributed by atoms with Crippen molar-refractivity contribution >= 4 is 5.91 Å². The quantitative estimate of drug-likeness (QED) is 0.640. The second-order valence-electron chi connectivity index (χ2n) is 7.34. The number of carbonyl (C=O) groups is 1. The molecule has 4 rings (SSSR count). The molecule has 1 atom stereocenters. The Bertz CT molecular complexity index is 1000. The number of ether oxygens (including phenoxy) is 1. The number of likely N-dealkylation sites (tertiary alicyclic amines) is 1. The van der Waals surface area contributed by atoms with E-state index in [1.54, 1.807) is 12.3 Å². The van der Waals surface area contributed by atoms with Gasteiger partial charge in [-0.05, 0) is 50.1 Å². The van der Waals surface area contributed by atoms with Gasteiger partial charge >= 0.3 is 0 Å². The molecule has 3 heterocycles. The van der Waals surface area contributed by atoms with Crippen LogP contribution >= 0.6 is 0 Å². The number of hydrogen-bond donors (Lipinski definition) is 0. The molecule has 1 aliphatic heterocycles. The molecule has 7 heteroatoms. The van der Waals surface area contributed by atoms with Crippen LogP contribution in [0.4, 0.5) is 0 Å². The Morgan fingerprint density at radius 3 is 3.00 bits per heavy atom. The topological polar surface area (TPSA) is 81.4 Å².